The third-order valence-electron chi connectivity index (χ3n) is 3.70. The molecule has 0 aromatic heterocycles. The molecule has 0 unspecified atom stereocenters. The lowest BCUT2D eigenvalue weighted by Crippen LogP contribution is -2.59. The molecule has 0 fully saturated rings. The zero-order chi connectivity index (χ0) is 15.8. The highest BCUT2D eigenvalue weighted by Crippen LogP contribution is 2.30. The summed E-state index contributed by atoms with van der Waals surface area (Å²) in [6.07, 6.45) is 2.08. The summed E-state index contributed by atoms with van der Waals surface area (Å²) >= 11 is 0. The number of rotatable bonds is 9. The Kier molecular flexibility index (Phi) is 7.57. The minimum atomic E-state index is -1.07. The summed E-state index contributed by atoms with van der Waals surface area (Å²) in [6.45, 7) is 10.2. The van der Waals surface area contributed by atoms with E-state index in [0.29, 0.717) is 19.8 Å². The second-order valence-electron chi connectivity index (χ2n) is 5.90. The molecule has 2 amide bonds. The van der Waals surface area contributed by atoms with Gasteiger partial charge in [-0.15, -0.1) is 0 Å². The largest absolute Gasteiger partial charge is 0.481 e. The van der Waals surface area contributed by atoms with Gasteiger partial charge in [-0.3, -0.25) is 4.79 Å². The molecule has 20 heavy (non-hydrogen) atoms. The van der Waals surface area contributed by atoms with Crippen LogP contribution in [0.15, 0.2) is 0 Å². The number of nitrogens with one attached hydrogen (secondary N) is 2. The average Bonchev–Trinajstić information content (AvgIpc) is 2.32. The lowest BCUT2D eigenvalue weighted by molar-refractivity contribution is -0.150. The van der Waals surface area contributed by atoms with Crippen LogP contribution in [-0.2, 0) is 9.53 Å². The van der Waals surface area contributed by atoms with Gasteiger partial charge in [0, 0.05) is 13.2 Å². The molecule has 0 atom stereocenters. The Balaban J connectivity index is 4.10. The van der Waals surface area contributed by atoms with E-state index in [1.807, 2.05) is 0 Å². The van der Waals surface area contributed by atoms with Crippen molar-refractivity contribution in [2.45, 2.75) is 53.0 Å². The first-order valence-electron chi connectivity index (χ1n) is 7.02. The maximum Gasteiger partial charge on any atom is 0.315 e. The number of unbranched alkanes of at least 4 members (excludes halogenated alkanes) is 1. The van der Waals surface area contributed by atoms with Crippen molar-refractivity contribution in [3.8, 4) is 0 Å². The fourth-order valence-corrected chi connectivity index (χ4v) is 1.34. The maximum atomic E-state index is 11.7. The molecule has 0 radical (unpaired) electrons. The number of hydrogen-bond acceptors (Lipinski definition) is 3. The number of carboxylic acids is 1. The summed E-state index contributed by atoms with van der Waals surface area (Å²) in [7, 11) is 0. The Bertz CT molecular complexity index is 327. The molecule has 6 nitrogen and oxygen atoms in total. The van der Waals surface area contributed by atoms with Crippen molar-refractivity contribution < 1.29 is 19.4 Å². The van der Waals surface area contributed by atoms with Crippen LogP contribution < -0.4 is 10.6 Å². The molecule has 0 spiro atoms. The summed E-state index contributed by atoms with van der Waals surface area (Å²) in [5.41, 5.74) is -1.94. The van der Waals surface area contributed by atoms with Crippen LogP contribution in [-0.4, -0.2) is 42.4 Å². The summed E-state index contributed by atoms with van der Waals surface area (Å²) in [6, 6.07) is -0.386. The number of ether oxygens (including phenoxy) is 1. The van der Waals surface area contributed by atoms with E-state index in [2.05, 4.69) is 17.6 Å². The SMILES string of the molecule is CCCCOCCNC(=O)NC(C)(C)C(C)(C)C(=O)O. The van der Waals surface area contributed by atoms with E-state index >= 15 is 0 Å². The van der Waals surface area contributed by atoms with Gasteiger partial charge in [0.1, 0.15) is 0 Å². The monoisotopic (exact) mass is 288 g/mol. The maximum absolute atomic E-state index is 11.7. The van der Waals surface area contributed by atoms with Gasteiger partial charge in [-0.25, -0.2) is 4.79 Å². The Morgan fingerprint density at radius 2 is 1.75 bits per heavy atom. The van der Waals surface area contributed by atoms with Gasteiger partial charge in [0.15, 0.2) is 0 Å². The number of amides is 2. The van der Waals surface area contributed by atoms with Crippen LogP contribution in [0.5, 0.6) is 0 Å². The molecule has 0 heterocycles. The fraction of sp³-hybridized carbons (Fsp3) is 0.857. The first-order valence-corrected chi connectivity index (χ1v) is 7.02. The van der Waals surface area contributed by atoms with Gasteiger partial charge in [-0.05, 0) is 34.1 Å². The van der Waals surface area contributed by atoms with E-state index in [4.69, 9.17) is 4.74 Å². The number of carbonyl (C=O) groups excluding carboxylic acids is 1. The van der Waals surface area contributed by atoms with Crippen molar-refractivity contribution in [3.05, 3.63) is 0 Å². The normalized spacial score (nSPS) is 12.1. The lowest BCUT2D eigenvalue weighted by atomic mass is 9.74. The number of urea groups is 1. The van der Waals surface area contributed by atoms with Crippen LogP contribution in [0, 0.1) is 5.41 Å². The highest BCUT2D eigenvalue weighted by atomic mass is 16.5. The van der Waals surface area contributed by atoms with Gasteiger partial charge < -0.3 is 20.5 Å². The molecule has 0 aliphatic heterocycles. The molecule has 0 saturated heterocycles. The quantitative estimate of drug-likeness (QED) is 0.566. The third kappa shape index (κ3) is 5.77. The number of aliphatic carboxylic acids is 1. The summed E-state index contributed by atoms with van der Waals surface area (Å²) in [5, 5.41) is 14.5. The van der Waals surface area contributed by atoms with Crippen molar-refractivity contribution in [3.63, 3.8) is 0 Å². The summed E-state index contributed by atoms with van der Waals surface area (Å²) in [4.78, 5) is 23.0. The van der Waals surface area contributed by atoms with Gasteiger partial charge in [0.05, 0.1) is 17.6 Å². The van der Waals surface area contributed by atoms with E-state index in [1.54, 1.807) is 27.7 Å². The fourth-order valence-electron chi connectivity index (χ4n) is 1.34. The molecule has 0 bridgehead atoms. The zero-order valence-corrected chi connectivity index (χ0v) is 13.2. The highest BCUT2D eigenvalue weighted by molar-refractivity contribution is 5.79. The summed E-state index contributed by atoms with van der Waals surface area (Å²) < 4.78 is 5.32. The summed E-state index contributed by atoms with van der Waals surface area (Å²) in [5.74, 6) is -0.953. The molecule has 0 aromatic carbocycles. The van der Waals surface area contributed by atoms with E-state index in [0.717, 1.165) is 12.8 Å². The van der Waals surface area contributed by atoms with E-state index in [1.165, 1.54) is 0 Å². The second-order valence-corrected chi connectivity index (χ2v) is 5.90. The number of carboxylic acid groups (broad SMARTS) is 1. The first kappa shape index (κ1) is 18.7. The molecule has 0 aromatic rings. The Morgan fingerprint density at radius 1 is 1.15 bits per heavy atom. The molecular weight excluding hydrogens is 260 g/mol. The van der Waals surface area contributed by atoms with Crippen molar-refractivity contribution in [2.75, 3.05) is 19.8 Å². The first-order chi connectivity index (χ1) is 9.15. The van der Waals surface area contributed by atoms with E-state index in [9.17, 15) is 14.7 Å². The van der Waals surface area contributed by atoms with Crippen LogP contribution in [0.1, 0.15) is 47.5 Å². The Hall–Kier alpha value is -1.30. The third-order valence-corrected chi connectivity index (χ3v) is 3.70. The minimum absolute atomic E-state index is 0.386. The molecular formula is C14H28N2O4. The van der Waals surface area contributed by atoms with E-state index < -0.39 is 16.9 Å². The Labute approximate surface area is 121 Å². The zero-order valence-electron chi connectivity index (χ0n) is 13.2. The minimum Gasteiger partial charge on any atom is -0.481 e. The predicted octanol–water partition coefficient (Wildman–Crippen LogP) is 1.99. The van der Waals surface area contributed by atoms with Crippen LogP contribution in [0.2, 0.25) is 0 Å². The standard InChI is InChI=1S/C14H28N2O4/c1-6-7-9-20-10-8-15-12(19)16-14(4,5)13(2,3)11(17)18/h6-10H2,1-5H3,(H,17,18)(H2,15,16,19). The number of carbonyl (C=O) groups is 2. The number of hydrogen-bond donors (Lipinski definition) is 3. The second kappa shape index (κ2) is 8.09. The highest BCUT2D eigenvalue weighted by Gasteiger charge is 2.44. The van der Waals surface area contributed by atoms with Crippen molar-refractivity contribution in [1.29, 1.82) is 0 Å². The lowest BCUT2D eigenvalue weighted by Gasteiger charge is -2.38. The van der Waals surface area contributed by atoms with E-state index in [-0.39, 0.29) is 6.03 Å². The molecule has 118 valence electrons. The smallest absolute Gasteiger partial charge is 0.315 e. The van der Waals surface area contributed by atoms with Crippen LogP contribution in [0.4, 0.5) is 4.79 Å². The van der Waals surface area contributed by atoms with Crippen molar-refractivity contribution in [2.24, 2.45) is 5.41 Å². The van der Waals surface area contributed by atoms with Crippen LogP contribution in [0.25, 0.3) is 0 Å². The molecule has 0 aliphatic rings. The molecule has 6 heteroatoms. The molecule has 3 N–H and O–H groups in total. The van der Waals surface area contributed by atoms with Gasteiger partial charge in [0.25, 0.3) is 0 Å². The molecule has 0 aliphatic carbocycles. The molecule has 0 saturated carbocycles. The topological polar surface area (TPSA) is 87.7 Å². The predicted molar refractivity (Wildman–Crippen MR) is 77.8 cm³/mol. The van der Waals surface area contributed by atoms with Crippen molar-refractivity contribution in [1.82, 2.24) is 10.6 Å². The molecule has 0 rings (SSSR count). The van der Waals surface area contributed by atoms with Gasteiger partial charge in [0.2, 0.25) is 0 Å². The van der Waals surface area contributed by atoms with Crippen molar-refractivity contribution >= 4 is 12.0 Å². The Morgan fingerprint density at radius 3 is 2.25 bits per heavy atom. The van der Waals surface area contributed by atoms with Gasteiger partial charge in [-0.2, -0.15) is 0 Å². The van der Waals surface area contributed by atoms with Crippen LogP contribution in [0.3, 0.4) is 0 Å². The van der Waals surface area contributed by atoms with Gasteiger partial charge in [-0.1, -0.05) is 13.3 Å². The average molecular weight is 288 g/mol. The van der Waals surface area contributed by atoms with Crippen LogP contribution >= 0.6 is 0 Å². The van der Waals surface area contributed by atoms with Gasteiger partial charge >= 0.3 is 12.0 Å².